The molecule has 2 unspecified atom stereocenters. The van der Waals surface area contributed by atoms with Gasteiger partial charge in [-0.05, 0) is 24.6 Å². The van der Waals surface area contributed by atoms with Crippen molar-refractivity contribution >= 4 is 28.2 Å². The predicted octanol–water partition coefficient (Wildman–Crippen LogP) is 2.79. The molecule has 0 aliphatic carbocycles. The number of methoxy groups -OCH3 is 1. The van der Waals surface area contributed by atoms with Gasteiger partial charge < -0.3 is 15.4 Å². The Hall–Kier alpha value is -1.31. The van der Waals surface area contributed by atoms with E-state index in [1.165, 1.54) is 0 Å². The second-order valence-electron chi connectivity index (χ2n) is 4.92. The van der Waals surface area contributed by atoms with Gasteiger partial charge in [-0.1, -0.05) is 35.2 Å². The van der Waals surface area contributed by atoms with E-state index < -0.39 is 0 Å². The number of anilines is 1. The molecule has 21 heavy (non-hydrogen) atoms. The summed E-state index contributed by atoms with van der Waals surface area (Å²) < 4.78 is 6.12. The fourth-order valence-corrected chi connectivity index (χ4v) is 3.85. The minimum absolute atomic E-state index is 0.00935. The van der Waals surface area contributed by atoms with Crippen molar-refractivity contribution in [1.29, 1.82) is 0 Å². The largest absolute Gasteiger partial charge is 0.497 e. The van der Waals surface area contributed by atoms with E-state index in [0.29, 0.717) is 0 Å². The van der Waals surface area contributed by atoms with Gasteiger partial charge >= 0.3 is 0 Å². The molecule has 0 saturated heterocycles. The Kier molecular flexibility index (Phi) is 5.44. The van der Waals surface area contributed by atoms with E-state index in [1.54, 1.807) is 30.2 Å². The lowest BCUT2D eigenvalue weighted by Crippen LogP contribution is -2.22. The summed E-state index contributed by atoms with van der Waals surface area (Å²) in [6, 6.07) is 8.02. The van der Waals surface area contributed by atoms with Crippen molar-refractivity contribution in [2.45, 2.75) is 22.6 Å². The van der Waals surface area contributed by atoms with E-state index in [4.69, 9.17) is 10.5 Å². The van der Waals surface area contributed by atoms with Crippen LogP contribution in [0.5, 0.6) is 5.75 Å². The number of hydrogen-bond acceptors (Lipinski definition) is 7. The Balaban J connectivity index is 2.17. The second-order valence-corrected chi connectivity index (χ2v) is 7.26. The van der Waals surface area contributed by atoms with Crippen molar-refractivity contribution in [3.8, 4) is 5.75 Å². The number of aromatic nitrogens is 2. The summed E-state index contributed by atoms with van der Waals surface area (Å²) in [5, 5.41) is 9.43. The highest BCUT2D eigenvalue weighted by Crippen LogP contribution is 2.40. The van der Waals surface area contributed by atoms with Crippen LogP contribution in [0.25, 0.3) is 0 Å². The lowest BCUT2D eigenvalue weighted by Gasteiger charge is -2.19. The van der Waals surface area contributed by atoms with E-state index in [2.05, 4.69) is 10.2 Å². The fraction of sp³-hybridized carbons (Fsp3) is 0.429. The maximum absolute atomic E-state index is 6.15. The number of benzene rings is 1. The number of hydrogen-bond donors (Lipinski definition) is 1. The number of nitrogens with two attached hydrogens (primary N) is 1. The quantitative estimate of drug-likeness (QED) is 0.824. The van der Waals surface area contributed by atoms with Gasteiger partial charge in [-0.2, -0.15) is 0 Å². The minimum Gasteiger partial charge on any atom is -0.497 e. The first-order valence-corrected chi connectivity index (χ1v) is 8.28. The predicted molar refractivity (Wildman–Crippen MR) is 89.5 cm³/mol. The van der Waals surface area contributed by atoms with Crippen LogP contribution in [-0.4, -0.2) is 37.4 Å². The number of thioether (sulfide) groups is 1. The van der Waals surface area contributed by atoms with Crippen molar-refractivity contribution in [2.75, 3.05) is 26.1 Å². The molecule has 7 heteroatoms. The van der Waals surface area contributed by atoms with Crippen LogP contribution in [0.3, 0.4) is 0 Å². The van der Waals surface area contributed by atoms with Gasteiger partial charge in [-0.15, -0.1) is 10.2 Å². The zero-order valence-corrected chi connectivity index (χ0v) is 14.2. The molecule has 0 aliphatic heterocycles. The Morgan fingerprint density at radius 3 is 2.38 bits per heavy atom. The third-order valence-corrected chi connectivity index (χ3v) is 5.59. The molecule has 0 radical (unpaired) electrons. The van der Waals surface area contributed by atoms with Crippen LogP contribution < -0.4 is 15.4 Å². The van der Waals surface area contributed by atoms with Gasteiger partial charge in [0.1, 0.15) is 5.75 Å². The second kappa shape index (κ2) is 7.11. The van der Waals surface area contributed by atoms with Crippen LogP contribution in [0.1, 0.15) is 17.7 Å². The number of nitrogens with zero attached hydrogens (tertiary/aromatic N) is 3. The molecular formula is C14H20N4OS2. The van der Waals surface area contributed by atoms with Crippen molar-refractivity contribution in [1.82, 2.24) is 10.2 Å². The van der Waals surface area contributed by atoms with Crippen LogP contribution in [-0.2, 0) is 0 Å². The topological polar surface area (TPSA) is 64.3 Å². The van der Waals surface area contributed by atoms with Gasteiger partial charge in [-0.3, -0.25) is 0 Å². The lowest BCUT2D eigenvalue weighted by molar-refractivity contribution is 0.414. The van der Waals surface area contributed by atoms with E-state index in [9.17, 15) is 0 Å². The third-order valence-electron chi connectivity index (χ3n) is 2.93. The molecule has 5 nitrogen and oxygen atoms in total. The van der Waals surface area contributed by atoms with Gasteiger partial charge in [0.2, 0.25) is 5.13 Å². The Morgan fingerprint density at radius 1 is 1.24 bits per heavy atom. The molecule has 0 bridgehead atoms. The van der Waals surface area contributed by atoms with E-state index in [1.807, 2.05) is 50.2 Å². The third kappa shape index (κ3) is 4.09. The average Bonchev–Trinajstić information content (AvgIpc) is 2.93. The van der Waals surface area contributed by atoms with Gasteiger partial charge in [0, 0.05) is 20.1 Å². The summed E-state index contributed by atoms with van der Waals surface area (Å²) in [4.78, 5) is 1.95. The molecular weight excluding hydrogens is 304 g/mol. The lowest BCUT2D eigenvalue weighted by atomic mass is 10.1. The standard InChI is InChI=1S/C14H20N4OS2/c1-9(15)12(10-5-7-11(19-4)8-6-10)20-14-17-16-13(21-14)18(2)3/h5-9,12H,15H2,1-4H3. The van der Waals surface area contributed by atoms with E-state index >= 15 is 0 Å². The molecule has 2 aromatic rings. The van der Waals surface area contributed by atoms with Gasteiger partial charge in [0.15, 0.2) is 4.34 Å². The van der Waals surface area contributed by atoms with Crippen molar-refractivity contribution in [2.24, 2.45) is 5.73 Å². The molecule has 1 aromatic heterocycles. The summed E-state index contributed by atoms with van der Waals surface area (Å²) in [7, 11) is 5.58. The van der Waals surface area contributed by atoms with E-state index in [0.717, 1.165) is 20.8 Å². The van der Waals surface area contributed by atoms with Crippen LogP contribution in [0.2, 0.25) is 0 Å². The van der Waals surface area contributed by atoms with Crippen LogP contribution >= 0.6 is 23.1 Å². The first-order chi connectivity index (χ1) is 10.0. The Morgan fingerprint density at radius 2 is 1.90 bits per heavy atom. The minimum atomic E-state index is 0.00935. The van der Waals surface area contributed by atoms with Crippen LogP contribution in [0, 0.1) is 0 Å². The Bertz CT molecular complexity index is 569. The number of ether oxygens (including phenoxy) is 1. The normalized spacial score (nSPS) is 13.8. The van der Waals surface area contributed by atoms with Crippen molar-refractivity contribution in [3.63, 3.8) is 0 Å². The Labute approximate surface area is 133 Å². The molecule has 1 heterocycles. The number of rotatable bonds is 6. The van der Waals surface area contributed by atoms with Crippen molar-refractivity contribution in [3.05, 3.63) is 29.8 Å². The zero-order chi connectivity index (χ0) is 15.4. The highest BCUT2D eigenvalue weighted by Gasteiger charge is 2.20. The SMILES string of the molecule is COc1ccc(C(Sc2nnc(N(C)C)s2)C(C)N)cc1. The summed E-state index contributed by atoms with van der Waals surface area (Å²) >= 11 is 3.23. The maximum Gasteiger partial charge on any atom is 0.208 e. The molecule has 1 aromatic carbocycles. The van der Waals surface area contributed by atoms with Crippen LogP contribution in [0.4, 0.5) is 5.13 Å². The van der Waals surface area contributed by atoms with Gasteiger partial charge in [-0.25, -0.2) is 0 Å². The first-order valence-electron chi connectivity index (χ1n) is 6.58. The molecule has 0 saturated carbocycles. The fourth-order valence-electron chi connectivity index (χ4n) is 1.81. The molecule has 0 spiro atoms. The summed E-state index contributed by atoms with van der Waals surface area (Å²) in [6.07, 6.45) is 0. The highest BCUT2D eigenvalue weighted by atomic mass is 32.2. The molecule has 0 aliphatic rings. The average molecular weight is 324 g/mol. The first kappa shape index (κ1) is 16.1. The molecule has 114 valence electrons. The zero-order valence-electron chi connectivity index (χ0n) is 12.6. The highest BCUT2D eigenvalue weighted by molar-refractivity contribution is 8.01. The van der Waals surface area contributed by atoms with Gasteiger partial charge in [0.05, 0.1) is 12.4 Å². The smallest absolute Gasteiger partial charge is 0.208 e. The summed E-state index contributed by atoms with van der Waals surface area (Å²) in [5.74, 6) is 0.845. The molecule has 2 rings (SSSR count). The molecule has 0 fully saturated rings. The monoisotopic (exact) mass is 324 g/mol. The summed E-state index contributed by atoms with van der Waals surface area (Å²) in [6.45, 7) is 2.01. The van der Waals surface area contributed by atoms with Crippen molar-refractivity contribution < 1.29 is 4.74 Å². The summed E-state index contributed by atoms with van der Waals surface area (Å²) in [5.41, 5.74) is 7.31. The molecule has 2 N–H and O–H groups in total. The molecule has 0 amide bonds. The van der Waals surface area contributed by atoms with Crippen LogP contribution in [0.15, 0.2) is 28.6 Å². The maximum atomic E-state index is 6.15. The molecule has 2 atom stereocenters. The van der Waals surface area contributed by atoms with Gasteiger partial charge in [0.25, 0.3) is 0 Å². The van der Waals surface area contributed by atoms with E-state index in [-0.39, 0.29) is 11.3 Å².